The van der Waals surface area contributed by atoms with E-state index in [4.69, 9.17) is 4.74 Å². The first kappa shape index (κ1) is 13.4. The third-order valence-corrected chi connectivity index (χ3v) is 4.01. The van der Waals surface area contributed by atoms with E-state index in [1.807, 2.05) is 6.07 Å². The molecule has 22 heavy (non-hydrogen) atoms. The molecule has 0 spiro atoms. The zero-order chi connectivity index (χ0) is 15.3. The van der Waals surface area contributed by atoms with Crippen molar-refractivity contribution in [1.82, 2.24) is 20.0 Å². The highest BCUT2D eigenvalue weighted by atomic mass is 16.5. The summed E-state index contributed by atoms with van der Waals surface area (Å²) in [5, 5.41) is 31.8. The summed E-state index contributed by atoms with van der Waals surface area (Å²) in [5.74, 6) is 0. The summed E-state index contributed by atoms with van der Waals surface area (Å²) in [4.78, 5) is 11.9. The van der Waals surface area contributed by atoms with Crippen molar-refractivity contribution >= 4 is 21.7 Å². The molecular formula is C14H14N4O4. The van der Waals surface area contributed by atoms with Gasteiger partial charge in [-0.05, 0) is 6.07 Å². The van der Waals surface area contributed by atoms with Crippen molar-refractivity contribution in [2.45, 2.75) is 24.9 Å². The van der Waals surface area contributed by atoms with Crippen LogP contribution < -0.4 is 5.56 Å². The van der Waals surface area contributed by atoms with Crippen LogP contribution in [0, 0.1) is 0 Å². The average molecular weight is 302 g/mol. The fourth-order valence-corrected chi connectivity index (χ4v) is 2.92. The minimum atomic E-state index is -0.730. The molecule has 3 aromatic rings. The van der Waals surface area contributed by atoms with Gasteiger partial charge in [0.05, 0.1) is 24.3 Å². The first-order valence-electron chi connectivity index (χ1n) is 6.97. The molecule has 3 N–H and O–H groups in total. The van der Waals surface area contributed by atoms with Gasteiger partial charge in [-0.25, -0.2) is 9.78 Å². The smallest absolute Gasteiger partial charge is 0.272 e. The largest absolute Gasteiger partial charge is 0.394 e. The molecule has 0 bridgehead atoms. The SMILES string of the molecule is O=c1[nH]ncc2nn([C@H]3C[C@H](O)[C@@H](CO)O3)cc3ccc1c32. The zero-order valence-corrected chi connectivity index (χ0v) is 11.5. The standard InChI is InChI=1S/C14H14N4O4/c19-6-11-10(20)3-12(22-11)18-5-7-1-2-8-13(7)9(17-18)4-15-16-14(8)21/h1-2,4-5,10-12,19-20H,3,6H2,(H,16,21)/t10-,11+,12+/m0/s1. The summed E-state index contributed by atoms with van der Waals surface area (Å²) in [6, 6.07) is 3.56. The van der Waals surface area contributed by atoms with Gasteiger partial charge in [-0.2, -0.15) is 10.2 Å². The molecule has 0 saturated carbocycles. The number of aliphatic hydroxyl groups is 2. The Bertz CT molecular complexity index is 903. The van der Waals surface area contributed by atoms with Gasteiger partial charge in [0.2, 0.25) is 0 Å². The molecule has 1 aliphatic rings. The van der Waals surface area contributed by atoms with Crippen molar-refractivity contribution in [1.29, 1.82) is 0 Å². The van der Waals surface area contributed by atoms with Crippen LogP contribution >= 0.6 is 0 Å². The van der Waals surface area contributed by atoms with E-state index in [9.17, 15) is 15.0 Å². The van der Waals surface area contributed by atoms with E-state index in [1.165, 1.54) is 6.20 Å². The van der Waals surface area contributed by atoms with Crippen molar-refractivity contribution in [3.8, 4) is 0 Å². The number of ether oxygens (including phenoxy) is 1. The van der Waals surface area contributed by atoms with Gasteiger partial charge in [-0.15, -0.1) is 0 Å². The molecule has 0 radical (unpaired) electrons. The van der Waals surface area contributed by atoms with Gasteiger partial charge >= 0.3 is 0 Å². The summed E-state index contributed by atoms with van der Waals surface area (Å²) in [7, 11) is 0. The van der Waals surface area contributed by atoms with Crippen LogP contribution in [0.1, 0.15) is 12.6 Å². The van der Waals surface area contributed by atoms with E-state index < -0.39 is 18.4 Å². The summed E-state index contributed by atoms with van der Waals surface area (Å²) in [5.41, 5.74) is 0.291. The summed E-state index contributed by atoms with van der Waals surface area (Å²) >= 11 is 0. The number of aromatic amines is 1. The Labute approximate surface area is 123 Å². The van der Waals surface area contributed by atoms with E-state index in [-0.39, 0.29) is 12.2 Å². The van der Waals surface area contributed by atoms with Crippen LogP contribution in [-0.2, 0) is 4.74 Å². The van der Waals surface area contributed by atoms with E-state index >= 15 is 0 Å². The first-order valence-corrected chi connectivity index (χ1v) is 6.97. The van der Waals surface area contributed by atoms with Crippen molar-refractivity contribution in [3.63, 3.8) is 0 Å². The number of hydrogen-bond acceptors (Lipinski definition) is 6. The summed E-state index contributed by atoms with van der Waals surface area (Å²) in [6.45, 7) is -0.242. The summed E-state index contributed by atoms with van der Waals surface area (Å²) < 4.78 is 7.21. The molecule has 8 nitrogen and oxygen atoms in total. The van der Waals surface area contributed by atoms with E-state index in [2.05, 4.69) is 15.3 Å². The molecule has 114 valence electrons. The Balaban J connectivity index is 1.88. The first-order chi connectivity index (χ1) is 10.7. The lowest BCUT2D eigenvalue weighted by Crippen LogP contribution is -2.24. The third kappa shape index (κ3) is 1.92. The Morgan fingerprint density at radius 2 is 2.32 bits per heavy atom. The van der Waals surface area contributed by atoms with Crippen molar-refractivity contribution in [2.24, 2.45) is 0 Å². The van der Waals surface area contributed by atoms with Gasteiger partial charge in [-0.1, -0.05) is 6.07 Å². The molecule has 0 aliphatic carbocycles. The molecule has 1 aromatic carbocycles. The number of rotatable bonds is 2. The maximum absolute atomic E-state index is 11.9. The lowest BCUT2D eigenvalue weighted by molar-refractivity contribution is -0.0484. The van der Waals surface area contributed by atoms with E-state index in [1.54, 1.807) is 16.9 Å². The maximum Gasteiger partial charge on any atom is 0.272 e. The molecule has 0 unspecified atom stereocenters. The second kappa shape index (κ2) is 4.87. The van der Waals surface area contributed by atoms with Crippen LogP contribution in [-0.4, -0.2) is 49.0 Å². The number of aliphatic hydroxyl groups excluding tert-OH is 2. The van der Waals surface area contributed by atoms with Gasteiger partial charge in [-0.3, -0.25) is 4.79 Å². The molecule has 2 aromatic heterocycles. The highest BCUT2D eigenvalue weighted by molar-refractivity contribution is 6.08. The number of nitrogens with one attached hydrogen (secondary N) is 1. The quantitative estimate of drug-likeness (QED) is 0.610. The Morgan fingerprint density at radius 3 is 3.09 bits per heavy atom. The van der Waals surface area contributed by atoms with Crippen molar-refractivity contribution in [3.05, 3.63) is 34.9 Å². The van der Waals surface area contributed by atoms with Gasteiger partial charge < -0.3 is 14.9 Å². The van der Waals surface area contributed by atoms with Gasteiger partial charge in [0.25, 0.3) is 5.56 Å². The molecule has 3 atom stereocenters. The third-order valence-electron chi connectivity index (χ3n) is 4.01. The zero-order valence-electron chi connectivity index (χ0n) is 11.5. The lowest BCUT2D eigenvalue weighted by atomic mass is 10.2. The molecule has 4 rings (SSSR count). The number of nitrogens with zero attached hydrogens (tertiary/aromatic N) is 3. The van der Waals surface area contributed by atoms with Crippen LogP contribution in [0.15, 0.2) is 29.3 Å². The maximum atomic E-state index is 11.9. The molecular weight excluding hydrogens is 288 g/mol. The topological polar surface area (TPSA) is 113 Å². The van der Waals surface area contributed by atoms with E-state index in [0.717, 1.165) is 10.8 Å². The lowest BCUT2D eigenvalue weighted by Gasteiger charge is -2.15. The highest BCUT2D eigenvalue weighted by Crippen LogP contribution is 2.30. The molecule has 8 heteroatoms. The van der Waals surface area contributed by atoms with Crippen molar-refractivity contribution < 1.29 is 14.9 Å². The van der Waals surface area contributed by atoms with Crippen molar-refractivity contribution in [2.75, 3.05) is 6.61 Å². The molecule has 1 aliphatic heterocycles. The highest BCUT2D eigenvalue weighted by Gasteiger charge is 2.34. The fraction of sp³-hybridized carbons (Fsp3) is 0.357. The monoisotopic (exact) mass is 302 g/mol. The van der Waals surface area contributed by atoms with Crippen LogP contribution in [0.3, 0.4) is 0 Å². The minimum absolute atomic E-state index is 0.242. The number of H-pyrrole nitrogens is 1. The molecule has 1 fully saturated rings. The van der Waals surface area contributed by atoms with Crippen LogP contribution in [0.25, 0.3) is 21.7 Å². The van der Waals surface area contributed by atoms with Crippen LogP contribution in [0.5, 0.6) is 0 Å². The molecule has 0 amide bonds. The molecule has 3 heterocycles. The Morgan fingerprint density at radius 1 is 1.45 bits per heavy atom. The van der Waals surface area contributed by atoms with Gasteiger partial charge in [0.1, 0.15) is 11.6 Å². The second-order valence-electron chi connectivity index (χ2n) is 5.39. The summed E-state index contributed by atoms with van der Waals surface area (Å²) in [6.07, 6.45) is 1.79. The average Bonchev–Trinajstić information content (AvgIpc) is 3.05. The Hall–Kier alpha value is -2.29. The molecule has 1 saturated heterocycles. The van der Waals surface area contributed by atoms with Gasteiger partial charge in [0, 0.05) is 23.4 Å². The number of hydrogen-bond donors (Lipinski definition) is 3. The second-order valence-corrected chi connectivity index (χ2v) is 5.39. The van der Waals surface area contributed by atoms with E-state index in [0.29, 0.717) is 17.3 Å². The minimum Gasteiger partial charge on any atom is -0.394 e. The normalized spacial score (nSPS) is 25.3. The predicted octanol–water partition coefficient (Wildman–Crippen LogP) is -0.0865. The van der Waals surface area contributed by atoms with Crippen LogP contribution in [0.2, 0.25) is 0 Å². The fourth-order valence-electron chi connectivity index (χ4n) is 2.92. The number of aromatic nitrogens is 4. The Kier molecular flexibility index (Phi) is 2.96. The predicted molar refractivity (Wildman–Crippen MR) is 77.3 cm³/mol. The van der Waals surface area contributed by atoms with Gasteiger partial charge in [0.15, 0.2) is 6.23 Å². The van der Waals surface area contributed by atoms with Crippen LogP contribution in [0.4, 0.5) is 0 Å².